The summed E-state index contributed by atoms with van der Waals surface area (Å²) in [5, 5.41) is 2.39. The van der Waals surface area contributed by atoms with Crippen molar-refractivity contribution in [2.24, 2.45) is 11.5 Å². The van der Waals surface area contributed by atoms with Gasteiger partial charge in [0.15, 0.2) is 46.3 Å². The molecule has 92 heavy (non-hydrogen) atoms. The molecule has 11 aromatic carbocycles. The molecule has 6 N–H and O–H groups in total. The second kappa shape index (κ2) is 24.6. The van der Waals surface area contributed by atoms with Gasteiger partial charge in [-0.1, -0.05) is 116 Å². The van der Waals surface area contributed by atoms with Crippen LogP contribution in [0.1, 0.15) is 143 Å². The SMILES string of the molecule is CC(C)c1cccc(C(C)C)c1NC(=O)c1cc(Oc2cccc(F)c2F)c2c3c(Oc4cccc(F)c4F)cc(C(N)=O)c4c(C(N)=O)cc(Oc5cccc(F)c5F)c(c5c(Oc6cccc(F)c6F)cc(C(=O)Nc6c(C(C)C)cccc6C(C)C)c1c25)c43. The molecule has 0 saturated heterocycles. The number of para-hydroxylation sites is 2. The van der Waals surface area contributed by atoms with Crippen LogP contribution in [-0.2, 0) is 0 Å². The summed E-state index contributed by atoms with van der Waals surface area (Å²) in [6.07, 6.45) is 0. The Labute approximate surface area is 521 Å². The smallest absolute Gasteiger partial charge is 0.256 e. The number of rotatable bonds is 18. The van der Waals surface area contributed by atoms with Gasteiger partial charge in [0, 0.05) is 54.5 Å². The van der Waals surface area contributed by atoms with Gasteiger partial charge in [-0.2, -0.15) is 17.6 Å². The molecular formula is C72H56F8N4O8. The van der Waals surface area contributed by atoms with Gasteiger partial charge in [0.05, 0.1) is 22.3 Å². The van der Waals surface area contributed by atoms with Crippen LogP contribution in [0.3, 0.4) is 0 Å². The Morgan fingerprint density at radius 3 is 0.783 bits per heavy atom. The molecule has 468 valence electrons. The van der Waals surface area contributed by atoms with E-state index in [2.05, 4.69) is 10.6 Å². The molecule has 0 aliphatic heterocycles. The maximum Gasteiger partial charge on any atom is 0.256 e. The Morgan fingerprint density at radius 2 is 0.543 bits per heavy atom. The summed E-state index contributed by atoms with van der Waals surface area (Å²) in [6.45, 7) is 15.1. The van der Waals surface area contributed by atoms with E-state index in [-0.39, 0.29) is 29.1 Å². The van der Waals surface area contributed by atoms with Crippen molar-refractivity contribution in [2.75, 3.05) is 10.6 Å². The van der Waals surface area contributed by atoms with E-state index in [0.29, 0.717) is 33.6 Å². The first-order chi connectivity index (χ1) is 43.8. The number of hydrogen-bond acceptors (Lipinski definition) is 8. The summed E-state index contributed by atoms with van der Waals surface area (Å²) in [6, 6.07) is 26.2. The lowest BCUT2D eigenvalue weighted by Crippen LogP contribution is -2.20. The number of fused-ring (bicyclic) bond motifs is 2. The highest BCUT2D eigenvalue weighted by molar-refractivity contribution is 6.43. The summed E-state index contributed by atoms with van der Waals surface area (Å²) < 4.78 is 154. The molecule has 0 aliphatic rings. The maximum absolute atomic E-state index is 16.6. The van der Waals surface area contributed by atoms with Gasteiger partial charge in [0.2, 0.25) is 35.1 Å². The fourth-order valence-electron chi connectivity index (χ4n) is 11.7. The van der Waals surface area contributed by atoms with Gasteiger partial charge in [-0.05, 0) is 119 Å². The van der Waals surface area contributed by atoms with E-state index in [0.717, 1.165) is 97.1 Å². The fourth-order valence-corrected chi connectivity index (χ4v) is 11.7. The Bertz CT molecular complexity index is 4550. The predicted molar refractivity (Wildman–Crippen MR) is 336 cm³/mol. The van der Waals surface area contributed by atoms with Crippen LogP contribution in [0.5, 0.6) is 46.0 Å². The minimum absolute atomic E-state index is 0.245. The van der Waals surface area contributed by atoms with Crippen LogP contribution in [0.2, 0.25) is 0 Å². The second-order valence-electron chi connectivity index (χ2n) is 23.2. The zero-order valence-electron chi connectivity index (χ0n) is 50.5. The molecule has 0 spiro atoms. The molecule has 0 saturated carbocycles. The van der Waals surface area contributed by atoms with Crippen LogP contribution in [0.25, 0.3) is 43.1 Å². The van der Waals surface area contributed by atoms with E-state index in [1.54, 1.807) is 24.3 Å². The van der Waals surface area contributed by atoms with Crippen molar-refractivity contribution >= 4 is 78.1 Å². The maximum atomic E-state index is 16.6. The first-order valence-electron chi connectivity index (χ1n) is 29.1. The third kappa shape index (κ3) is 11.1. The highest BCUT2D eigenvalue weighted by atomic mass is 19.2. The molecule has 11 rings (SSSR count). The topological polar surface area (TPSA) is 181 Å². The number of nitrogens with two attached hydrogens (primary N) is 2. The van der Waals surface area contributed by atoms with Gasteiger partial charge in [-0.15, -0.1) is 0 Å². The average Bonchev–Trinajstić information content (AvgIpc) is 0.683. The number of halogens is 8. The Kier molecular flexibility index (Phi) is 16.8. The van der Waals surface area contributed by atoms with E-state index in [4.69, 9.17) is 30.4 Å². The molecule has 0 radical (unpaired) electrons. The number of ether oxygens (including phenoxy) is 4. The summed E-state index contributed by atoms with van der Waals surface area (Å²) in [4.78, 5) is 60.9. The van der Waals surface area contributed by atoms with E-state index in [1.807, 2.05) is 67.5 Å². The molecule has 0 heterocycles. The number of hydrogen-bond donors (Lipinski definition) is 4. The molecule has 4 amide bonds. The van der Waals surface area contributed by atoms with Gasteiger partial charge >= 0.3 is 0 Å². The zero-order chi connectivity index (χ0) is 66.0. The molecule has 0 atom stereocenters. The predicted octanol–water partition coefficient (Wildman–Crippen LogP) is 19.2. The van der Waals surface area contributed by atoms with Crippen molar-refractivity contribution < 1.29 is 73.2 Å². The lowest BCUT2D eigenvalue weighted by Gasteiger charge is -2.27. The normalized spacial score (nSPS) is 11.7. The summed E-state index contributed by atoms with van der Waals surface area (Å²) in [5.74, 6) is -23.9. The zero-order valence-corrected chi connectivity index (χ0v) is 50.5. The van der Waals surface area contributed by atoms with Gasteiger partial charge in [0.25, 0.3) is 11.8 Å². The lowest BCUT2D eigenvalue weighted by molar-refractivity contribution is 0.0996. The number of amides is 4. The van der Waals surface area contributed by atoms with Gasteiger partial charge in [-0.3, -0.25) is 19.2 Å². The minimum Gasteiger partial charge on any atom is -0.453 e. The van der Waals surface area contributed by atoms with E-state index in [1.165, 1.54) is 0 Å². The van der Waals surface area contributed by atoms with Gasteiger partial charge in [-0.25, -0.2) is 17.6 Å². The number of carbonyl (C=O) groups is 4. The molecule has 0 bridgehead atoms. The van der Waals surface area contributed by atoms with Crippen LogP contribution in [-0.4, -0.2) is 23.6 Å². The molecule has 0 unspecified atom stereocenters. The largest absolute Gasteiger partial charge is 0.453 e. The Hall–Kier alpha value is -10.8. The number of benzene rings is 11. The minimum atomic E-state index is -1.60. The van der Waals surface area contributed by atoms with E-state index < -0.39 is 176 Å². The Balaban J connectivity index is 1.47. The standard InChI is InChI=1S/C72H56F8N4O8/c1-31(2)35-15-9-16-36(32(3)4)67(35)83-71(87)41-29-53(91-49-25-13-21-45(75)65(49)79)59-57-51(89-47-23-11-19-43(73)63(47)77)27-39(69(81)85)55-40(70(82)86)28-52(90-48-24-12-20-44(74)64(48)78)58(61(55)57)60-54(92-50-26-14-22-46(76)66(50)80)30-42(56(41)62(59)60)72(88)84-68-37(33(5)6)17-10-18-38(68)34(7)8/h9-34H,1-8H3,(H2,81,85)(H2,82,86)(H,83,87)(H,84,88). The Morgan fingerprint density at radius 1 is 0.315 bits per heavy atom. The third-order valence-corrected chi connectivity index (χ3v) is 16.0. The highest BCUT2D eigenvalue weighted by Crippen LogP contribution is 2.57. The van der Waals surface area contributed by atoms with Crippen molar-refractivity contribution in [1.82, 2.24) is 0 Å². The number of nitrogens with one attached hydrogen (secondary N) is 2. The first-order valence-corrected chi connectivity index (χ1v) is 29.1. The van der Waals surface area contributed by atoms with E-state index in [9.17, 15) is 9.59 Å². The lowest BCUT2D eigenvalue weighted by atomic mass is 9.82. The molecule has 0 aromatic heterocycles. The first kappa shape index (κ1) is 62.8. The van der Waals surface area contributed by atoms with Crippen LogP contribution in [0, 0.1) is 46.5 Å². The summed E-state index contributed by atoms with van der Waals surface area (Å²) >= 11 is 0. The highest BCUT2D eigenvalue weighted by Gasteiger charge is 2.36. The van der Waals surface area contributed by atoms with Gasteiger partial charge < -0.3 is 41.0 Å². The quantitative estimate of drug-likeness (QED) is 0.0372. The van der Waals surface area contributed by atoms with Crippen molar-refractivity contribution in [3.63, 3.8) is 0 Å². The number of carbonyl (C=O) groups excluding carboxylic acids is 4. The molecule has 0 fully saturated rings. The summed E-state index contributed by atoms with van der Waals surface area (Å²) in [7, 11) is 0. The monoisotopic (exact) mass is 1260 g/mol. The van der Waals surface area contributed by atoms with Crippen molar-refractivity contribution in [1.29, 1.82) is 0 Å². The van der Waals surface area contributed by atoms with Crippen LogP contribution < -0.4 is 41.0 Å². The summed E-state index contributed by atoms with van der Waals surface area (Å²) in [5.41, 5.74) is 13.3. The van der Waals surface area contributed by atoms with Crippen LogP contribution >= 0.6 is 0 Å². The molecule has 0 aliphatic carbocycles. The molecule has 11 aromatic rings. The van der Waals surface area contributed by atoms with Crippen molar-refractivity contribution in [3.8, 4) is 46.0 Å². The molecule has 12 nitrogen and oxygen atoms in total. The van der Waals surface area contributed by atoms with Crippen molar-refractivity contribution in [3.05, 3.63) is 225 Å². The van der Waals surface area contributed by atoms with Gasteiger partial charge in [0.1, 0.15) is 23.0 Å². The van der Waals surface area contributed by atoms with Crippen LogP contribution in [0.4, 0.5) is 46.5 Å². The fraction of sp³-hybridized carbons (Fsp3) is 0.167. The van der Waals surface area contributed by atoms with Crippen molar-refractivity contribution in [2.45, 2.75) is 79.1 Å². The van der Waals surface area contributed by atoms with E-state index >= 15 is 44.7 Å². The number of anilines is 2. The molecule has 20 heteroatoms. The third-order valence-electron chi connectivity index (χ3n) is 16.0. The average molecular weight is 1260 g/mol. The number of primary amides is 2. The molecular weight excluding hydrogens is 1200 g/mol. The van der Waals surface area contributed by atoms with Crippen LogP contribution in [0.15, 0.2) is 133 Å². The second-order valence-corrected chi connectivity index (χ2v) is 23.2.